The molecule has 5 rings (SSSR count). The van der Waals surface area contributed by atoms with E-state index in [1.807, 2.05) is 0 Å². The number of fused-ring (bicyclic) bond motifs is 3. The maximum Gasteiger partial charge on any atom is 0.0541 e. The summed E-state index contributed by atoms with van der Waals surface area (Å²) >= 11 is 0. The van der Waals surface area contributed by atoms with E-state index in [-0.39, 0.29) is 0 Å². The van der Waals surface area contributed by atoms with Crippen LogP contribution < -0.4 is 0 Å². The Balaban J connectivity index is 1.84. The minimum Gasteiger partial charge on any atom is -0.309 e. The van der Waals surface area contributed by atoms with Crippen LogP contribution in [0.15, 0.2) is 84.9 Å². The van der Waals surface area contributed by atoms with Crippen LogP contribution in [0.1, 0.15) is 16.7 Å². The average Bonchev–Trinajstić information content (AvgIpc) is 3.01. The Morgan fingerprint density at radius 3 is 1.86 bits per heavy atom. The van der Waals surface area contributed by atoms with Crippen molar-refractivity contribution in [2.45, 2.75) is 20.8 Å². The summed E-state index contributed by atoms with van der Waals surface area (Å²) in [5.74, 6) is 0. The van der Waals surface area contributed by atoms with Crippen LogP contribution in [0.5, 0.6) is 0 Å². The maximum atomic E-state index is 2.38. The highest BCUT2D eigenvalue weighted by molar-refractivity contribution is 6.10. The first kappa shape index (κ1) is 16.8. The number of nitrogens with zero attached hydrogens (tertiary/aromatic N) is 1. The smallest absolute Gasteiger partial charge is 0.0541 e. The molecule has 0 atom stereocenters. The van der Waals surface area contributed by atoms with Gasteiger partial charge in [-0.15, -0.1) is 0 Å². The van der Waals surface area contributed by atoms with E-state index < -0.39 is 0 Å². The summed E-state index contributed by atoms with van der Waals surface area (Å²) in [6.07, 6.45) is 0. The van der Waals surface area contributed by atoms with Crippen molar-refractivity contribution in [1.82, 2.24) is 4.57 Å². The molecule has 0 radical (unpaired) electrons. The minimum absolute atomic E-state index is 1.21. The summed E-state index contributed by atoms with van der Waals surface area (Å²) in [6.45, 7) is 6.45. The van der Waals surface area contributed by atoms with Gasteiger partial charge >= 0.3 is 0 Å². The second-order valence-electron chi connectivity index (χ2n) is 7.79. The molecular weight excluding hydrogens is 338 g/mol. The van der Waals surface area contributed by atoms with Crippen molar-refractivity contribution >= 4 is 21.8 Å². The third-order valence-electron chi connectivity index (χ3n) is 5.57. The normalized spacial score (nSPS) is 11.4. The Morgan fingerprint density at radius 2 is 1.11 bits per heavy atom. The molecule has 5 aromatic rings. The van der Waals surface area contributed by atoms with Crippen LogP contribution in [0.2, 0.25) is 0 Å². The third kappa shape index (κ3) is 2.71. The molecule has 0 saturated carbocycles. The van der Waals surface area contributed by atoms with Gasteiger partial charge in [-0.25, -0.2) is 0 Å². The first-order valence-corrected chi connectivity index (χ1v) is 9.79. The summed E-state index contributed by atoms with van der Waals surface area (Å²) in [4.78, 5) is 0. The van der Waals surface area contributed by atoms with Crippen LogP contribution >= 0.6 is 0 Å². The minimum atomic E-state index is 1.21. The van der Waals surface area contributed by atoms with Gasteiger partial charge in [-0.2, -0.15) is 0 Å². The zero-order valence-electron chi connectivity index (χ0n) is 16.5. The number of benzene rings is 4. The first-order chi connectivity index (χ1) is 13.6. The molecule has 1 heteroatoms. The Morgan fingerprint density at radius 1 is 0.500 bits per heavy atom. The van der Waals surface area contributed by atoms with Crippen molar-refractivity contribution in [2.24, 2.45) is 0 Å². The SMILES string of the molecule is Cc1ccc(-c2ccc3c(c2)c2cc(C)ccc2n3-c2cccc(C)c2)cc1. The quantitative estimate of drug-likeness (QED) is 0.309. The first-order valence-electron chi connectivity index (χ1n) is 9.79. The van der Waals surface area contributed by atoms with Crippen molar-refractivity contribution in [2.75, 3.05) is 0 Å². The van der Waals surface area contributed by atoms with Crippen molar-refractivity contribution in [3.63, 3.8) is 0 Å². The molecule has 4 aromatic carbocycles. The second kappa shape index (κ2) is 6.38. The van der Waals surface area contributed by atoms with Crippen molar-refractivity contribution in [3.05, 3.63) is 102 Å². The molecule has 0 unspecified atom stereocenters. The highest BCUT2D eigenvalue weighted by Crippen LogP contribution is 2.35. The summed E-state index contributed by atoms with van der Waals surface area (Å²) in [6, 6.07) is 31.1. The monoisotopic (exact) mass is 361 g/mol. The lowest BCUT2D eigenvalue weighted by Crippen LogP contribution is -1.94. The molecule has 136 valence electrons. The van der Waals surface area contributed by atoms with Crippen LogP contribution in [0.25, 0.3) is 38.6 Å². The summed E-state index contributed by atoms with van der Waals surface area (Å²) in [5, 5.41) is 2.61. The van der Waals surface area contributed by atoms with Crippen molar-refractivity contribution < 1.29 is 0 Å². The van der Waals surface area contributed by atoms with Crippen LogP contribution in [0.3, 0.4) is 0 Å². The molecule has 1 nitrogen and oxygen atoms in total. The molecule has 1 aromatic heterocycles. The molecule has 0 fully saturated rings. The van der Waals surface area contributed by atoms with Crippen molar-refractivity contribution in [3.8, 4) is 16.8 Å². The molecule has 0 N–H and O–H groups in total. The zero-order chi connectivity index (χ0) is 19.3. The fourth-order valence-corrected chi connectivity index (χ4v) is 4.11. The summed E-state index contributed by atoms with van der Waals surface area (Å²) in [7, 11) is 0. The van der Waals surface area contributed by atoms with Crippen LogP contribution in [-0.2, 0) is 0 Å². The number of hydrogen-bond acceptors (Lipinski definition) is 0. The predicted octanol–water partition coefficient (Wildman–Crippen LogP) is 7.38. The third-order valence-corrected chi connectivity index (χ3v) is 5.57. The topological polar surface area (TPSA) is 4.93 Å². The van der Waals surface area contributed by atoms with E-state index in [9.17, 15) is 0 Å². The largest absolute Gasteiger partial charge is 0.309 e. The zero-order valence-corrected chi connectivity index (χ0v) is 16.5. The average molecular weight is 361 g/mol. The molecule has 0 amide bonds. The fourth-order valence-electron chi connectivity index (χ4n) is 4.11. The standard InChI is InChI=1S/C27H23N/c1-18-7-10-21(11-8-18)22-12-14-27-25(17-22)24-16-20(3)9-13-26(24)28(27)23-6-4-5-19(2)15-23/h4-17H,1-3H3. The molecule has 0 spiro atoms. The molecule has 1 heterocycles. The Labute approximate surface area is 165 Å². The molecular formula is C27H23N. The van der Waals surface area contributed by atoms with E-state index >= 15 is 0 Å². The number of aryl methyl sites for hydroxylation is 3. The van der Waals surface area contributed by atoms with E-state index in [1.54, 1.807) is 0 Å². The van der Waals surface area contributed by atoms with Gasteiger partial charge in [-0.3, -0.25) is 0 Å². The van der Waals surface area contributed by atoms with Crippen LogP contribution in [0.4, 0.5) is 0 Å². The summed E-state index contributed by atoms with van der Waals surface area (Å²) in [5.41, 5.74) is 10.1. The molecule has 0 aliphatic heterocycles. The predicted molar refractivity (Wildman–Crippen MR) is 120 cm³/mol. The Kier molecular flexibility index (Phi) is 3.84. The summed E-state index contributed by atoms with van der Waals surface area (Å²) < 4.78 is 2.38. The fraction of sp³-hybridized carbons (Fsp3) is 0.111. The lowest BCUT2D eigenvalue weighted by molar-refractivity contribution is 1.17. The van der Waals surface area contributed by atoms with Gasteiger partial charge < -0.3 is 4.57 Å². The van der Waals surface area contributed by atoms with Crippen LogP contribution in [0, 0.1) is 20.8 Å². The van der Waals surface area contributed by atoms with Crippen LogP contribution in [-0.4, -0.2) is 4.57 Å². The molecule has 0 saturated heterocycles. The van der Waals surface area contributed by atoms with Gasteiger partial charge in [0.15, 0.2) is 0 Å². The highest BCUT2D eigenvalue weighted by atomic mass is 15.0. The molecule has 28 heavy (non-hydrogen) atoms. The van der Waals surface area contributed by atoms with Gasteiger partial charge in [0.2, 0.25) is 0 Å². The lowest BCUT2D eigenvalue weighted by atomic mass is 10.0. The maximum absolute atomic E-state index is 2.38. The highest BCUT2D eigenvalue weighted by Gasteiger charge is 2.13. The molecule has 0 aliphatic rings. The van der Waals surface area contributed by atoms with E-state index in [2.05, 4.69) is 110 Å². The van der Waals surface area contributed by atoms with E-state index in [1.165, 1.54) is 55.3 Å². The Bertz CT molecular complexity index is 1320. The Hall–Kier alpha value is -3.32. The van der Waals surface area contributed by atoms with Gasteiger partial charge in [0.25, 0.3) is 0 Å². The van der Waals surface area contributed by atoms with E-state index in [4.69, 9.17) is 0 Å². The number of aromatic nitrogens is 1. The molecule has 0 aliphatic carbocycles. The van der Waals surface area contributed by atoms with Crippen molar-refractivity contribution in [1.29, 1.82) is 0 Å². The van der Waals surface area contributed by atoms with E-state index in [0.29, 0.717) is 0 Å². The van der Waals surface area contributed by atoms with Gasteiger partial charge in [-0.1, -0.05) is 59.7 Å². The van der Waals surface area contributed by atoms with Gasteiger partial charge in [0.05, 0.1) is 11.0 Å². The van der Waals surface area contributed by atoms with Gasteiger partial charge in [0.1, 0.15) is 0 Å². The molecule has 0 bridgehead atoms. The number of hydrogen-bond donors (Lipinski definition) is 0. The van der Waals surface area contributed by atoms with E-state index in [0.717, 1.165) is 0 Å². The second-order valence-corrected chi connectivity index (χ2v) is 7.79. The van der Waals surface area contributed by atoms with Gasteiger partial charge in [-0.05, 0) is 73.9 Å². The number of rotatable bonds is 2. The lowest BCUT2D eigenvalue weighted by Gasteiger charge is -2.09. The van der Waals surface area contributed by atoms with Gasteiger partial charge in [0, 0.05) is 16.5 Å².